The Hall–Kier alpha value is -2.16. The normalized spacial score (nSPS) is 13.4. The van der Waals surface area contributed by atoms with Gasteiger partial charge in [-0.25, -0.2) is 0 Å². The zero-order chi connectivity index (χ0) is 16.8. The van der Waals surface area contributed by atoms with Crippen molar-refractivity contribution in [3.63, 3.8) is 0 Å². The fourth-order valence-corrected chi connectivity index (χ4v) is 3.07. The van der Waals surface area contributed by atoms with Crippen LogP contribution in [0.15, 0.2) is 79.0 Å². The largest absolute Gasteiger partial charge is 0.379 e. The zero-order valence-corrected chi connectivity index (χ0v) is 14.2. The van der Waals surface area contributed by atoms with E-state index in [0.717, 1.165) is 18.4 Å². The van der Waals surface area contributed by atoms with Crippen molar-refractivity contribution in [2.75, 3.05) is 0 Å². The minimum Gasteiger partial charge on any atom is -0.379 e. The van der Waals surface area contributed by atoms with Gasteiger partial charge >= 0.3 is 0 Å². The molecule has 0 aliphatic carbocycles. The van der Waals surface area contributed by atoms with E-state index < -0.39 is 5.60 Å². The highest BCUT2D eigenvalue weighted by Gasteiger charge is 2.32. The average Bonchev–Trinajstić information content (AvgIpc) is 2.64. The molecule has 0 radical (unpaired) electrons. The Morgan fingerprint density at radius 3 is 2.25 bits per heavy atom. The summed E-state index contributed by atoms with van der Waals surface area (Å²) in [7, 11) is 0. The number of pyridine rings is 1. The van der Waals surface area contributed by atoms with Crippen LogP contribution in [0.2, 0.25) is 5.02 Å². The highest BCUT2D eigenvalue weighted by molar-refractivity contribution is 6.30. The summed E-state index contributed by atoms with van der Waals surface area (Å²) in [6, 6.07) is 23.3. The van der Waals surface area contributed by atoms with Gasteiger partial charge in [0.1, 0.15) is 5.60 Å². The maximum Gasteiger partial charge on any atom is 0.131 e. The summed E-state index contributed by atoms with van der Waals surface area (Å²) in [5.41, 5.74) is 1.65. The number of halogens is 1. The average molecular weight is 338 g/mol. The van der Waals surface area contributed by atoms with Crippen molar-refractivity contribution in [3.05, 3.63) is 101 Å². The van der Waals surface area contributed by atoms with E-state index in [-0.39, 0.29) is 0 Å². The van der Waals surface area contributed by atoms with Crippen molar-refractivity contribution < 1.29 is 5.11 Å². The van der Waals surface area contributed by atoms with Crippen molar-refractivity contribution in [1.29, 1.82) is 0 Å². The Morgan fingerprint density at radius 2 is 1.58 bits per heavy atom. The Balaban J connectivity index is 1.83. The van der Waals surface area contributed by atoms with Crippen molar-refractivity contribution in [3.8, 4) is 0 Å². The van der Waals surface area contributed by atoms with E-state index in [1.54, 1.807) is 6.20 Å². The zero-order valence-electron chi connectivity index (χ0n) is 13.4. The molecule has 0 amide bonds. The highest BCUT2D eigenvalue weighted by Crippen LogP contribution is 2.34. The Bertz CT molecular complexity index is 759. The first-order valence-corrected chi connectivity index (χ1v) is 8.50. The molecule has 1 heterocycles. The highest BCUT2D eigenvalue weighted by atomic mass is 35.5. The number of nitrogens with zero attached hydrogens (tertiary/aromatic N) is 1. The summed E-state index contributed by atoms with van der Waals surface area (Å²) in [4.78, 5) is 4.39. The molecule has 0 aliphatic rings. The molecule has 0 aliphatic heterocycles. The van der Waals surface area contributed by atoms with Gasteiger partial charge in [0.25, 0.3) is 0 Å². The topological polar surface area (TPSA) is 33.1 Å². The predicted octanol–water partition coefficient (Wildman–Crippen LogP) is 4.99. The molecule has 2 nitrogen and oxygen atoms in total. The lowest BCUT2D eigenvalue weighted by Crippen LogP contribution is -2.28. The SMILES string of the molecule is O[C@@](CCCc1ccccc1)(c1ccc(Cl)cc1)c1ccccn1. The lowest BCUT2D eigenvalue weighted by Gasteiger charge is -2.28. The standard InChI is InChI=1S/C21H20ClNO/c22-19-13-11-18(12-14-19)21(24,20-10-4-5-16-23-20)15-6-9-17-7-2-1-3-8-17/h1-5,7-8,10-14,16,24H,6,9,15H2/t21-/m0/s1. The number of rotatable bonds is 6. The van der Waals surface area contributed by atoms with Crippen LogP contribution < -0.4 is 0 Å². The fraction of sp³-hybridized carbons (Fsp3) is 0.190. The number of aliphatic hydroxyl groups is 1. The van der Waals surface area contributed by atoms with E-state index in [4.69, 9.17) is 11.6 Å². The first kappa shape index (κ1) is 16.7. The quantitative estimate of drug-likeness (QED) is 0.687. The van der Waals surface area contributed by atoms with Crippen LogP contribution in [0.5, 0.6) is 0 Å². The molecular formula is C21H20ClNO. The minimum absolute atomic E-state index is 0.598. The Kier molecular flexibility index (Phi) is 5.29. The van der Waals surface area contributed by atoms with E-state index in [1.165, 1.54) is 5.56 Å². The van der Waals surface area contributed by atoms with E-state index >= 15 is 0 Å². The van der Waals surface area contributed by atoms with E-state index in [1.807, 2.05) is 60.7 Å². The molecule has 1 N–H and O–H groups in total. The lowest BCUT2D eigenvalue weighted by atomic mass is 9.84. The van der Waals surface area contributed by atoms with Crippen LogP contribution in [0, 0.1) is 0 Å². The molecular weight excluding hydrogens is 318 g/mol. The summed E-state index contributed by atoms with van der Waals surface area (Å²) >= 11 is 5.99. The molecule has 0 spiro atoms. The molecule has 0 saturated heterocycles. The molecule has 0 fully saturated rings. The van der Waals surface area contributed by atoms with Crippen molar-refractivity contribution >= 4 is 11.6 Å². The third-order valence-corrected chi connectivity index (χ3v) is 4.51. The van der Waals surface area contributed by atoms with Gasteiger partial charge in [0.2, 0.25) is 0 Å². The smallest absolute Gasteiger partial charge is 0.131 e. The van der Waals surface area contributed by atoms with Gasteiger partial charge in [-0.3, -0.25) is 4.98 Å². The molecule has 122 valence electrons. The number of hydrogen-bond acceptors (Lipinski definition) is 2. The molecule has 1 aromatic heterocycles. The summed E-state index contributed by atoms with van der Waals surface area (Å²) in [5, 5.41) is 12.1. The Labute approximate surface area is 147 Å². The van der Waals surface area contributed by atoms with E-state index in [9.17, 15) is 5.11 Å². The van der Waals surface area contributed by atoms with Crippen LogP contribution >= 0.6 is 11.6 Å². The van der Waals surface area contributed by atoms with Gasteiger partial charge in [-0.1, -0.05) is 60.1 Å². The first-order valence-electron chi connectivity index (χ1n) is 8.12. The molecule has 1 atom stereocenters. The number of benzene rings is 2. The van der Waals surface area contributed by atoms with Crippen molar-refractivity contribution in [2.24, 2.45) is 0 Å². The minimum atomic E-state index is -1.11. The summed E-state index contributed by atoms with van der Waals surface area (Å²) in [5.74, 6) is 0. The second-order valence-corrected chi connectivity index (χ2v) is 6.36. The molecule has 2 aromatic carbocycles. The van der Waals surface area contributed by atoms with Crippen LogP contribution in [0.4, 0.5) is 0 Å². The third-order valence-electron chi connectivity index (χ3n) is 4.26. The first-order chi connectivity index (χ1) is 11.7. The van der Waals surface area contributed by atoms with Crippen molar-refractivity contribution in [2.45, 2.75) is 24.9 Å². The maximum absolute atomic E-state index is 11.4. The van der Waals surface area contributed by atoms with E-state index in [2.05, 4.69) is 17.1 Å². The van der Waals surface area contributed by atoms with Gasteiger partial charge in [0.05, 0.1) is 5.69 Å². The van der Waals surface area contributed by atoms with Gasteiger partial charge in [0.15, 0.2) is 0 Å². The lowest BCUT2D eigenvalue weighted by molar-refractivity contribution is 0.0643. The van der Waals surface area contributed by atoms with Gasteiger partial charge in [0, 0.05) is 11.2 Å². The van der Waals surface area contributed by atoms with Gasteiger partial charge < -0.3 is 5.11 Å². The van der Waals surface area contributed by atoms with Crippen molar-refractivity contribution in [1.82, 2.24) is 4.98 Å². The maximum atomic E-state index is 11.4. The molecule has 3 rings (SSSR count). The molecule has 24 heavy (non-hydrogen) atoms. The van der Waals surface area contributed by atoms with E-state index in [0.29, 0.717) is 17.1 Å². The number of hydrogen-bond donors (Lipinski definition) is 1. The number of aryl methyl sites for hydroxylation is 1. The van der Waals surface area contributed by atoms with Gasteiger partial charge in [-0.05, 0) is 54.7 Å². The number of aromatic nitrogens is 1. The van der Waals surface area contributed by atoms with Crippen LogP contribution in [0.1, 0.15) is 29.7 Å². The summed E-state index contributed by atoms with van der Waals surface area (Å²) in [6.45, 7) is 0. The fourth-order valence-electron chi connectivity index (χ4n) is 2.95. The summed E-state index contributed by atoms with van der Waals surface area (Å²) < 4.78 is 0. The predicted molar refractivity (Wildman–Crippen MR) is 98.1 cm³/mol. The monoisotopic (exact) mass is 337 g/mol. The molecule has 0 unspecified atom stereocenters. The molecule has 0 bridgehead atoms. The molecule has 0 saturated carbocycles. The van der Waals surface area contributed by atoms with Crippen LogP contribution in [0.25, 0.3) is 0 Å². The molecule has 3 heteroatoms. The van der Waals surface area contributed by atoms with Crippen LogP contribution in [-0.4, -0.2) is 10.1 Å². The summed E-state index contributed by atoms with van der Waals surface area (Å²) in [6.07, 6.45) is 4.09. The van der Waals surface area contributed by atoms with Crippen LogP contribution in [-0.2, 0) is 12.0 Å². The third kappa shape index (κ3) is 3.84. The van der Waals surface area contributed by atoms with Crippen LogP contribution in [0.3, 0.4) is 0 Å². The second-order valence-electron chi connectivity index (χ2n) is 5.92. The van der Waals surface area contributed by atoms with Gasteiger partial charge in [-0.15, -0.1) is 0 Å². The Morgan fingerprint density at radius 1 is 0.875 bits per heavy atom. The second kappa shape index (κ2) is 7.61. The molecule has 3 aromatic rings. The van der Waals surface area contributed by atoms with Gasteiger partial charge in [-0.2, -0.15) is 0 Å².